The molecule has 0 aromatic rings. The Morgan fingerprint density at radius 2 is 1.58 bits per heavy atom. The molecule has 3 rings (SSSR count). The van der Waals surface area contributed by atoms with Crippen LogP contribution in [0.3, 0.4) is 0 Å². The van der Waals surface area contributed by atoms with Gasteiger partial charge in [0.15, 0.2) is 0 Å². The van der Waals surface area contributed by atoms with Crippen LogP contribution in [-0.2, 0) is 0 Å². The van der Waals surface area contributed by atoms with Gasteiger partial charge in [-0.2, -0.15) is 0 Å². The Morgan fingerprint density at radius 3 is 2.17 bits per heavy atom. The van der Waals surface area contributed by atoms with E-state index >= 15 is 0 Å². The van der Waals surface area contributed by atoms with Gasteiger partial charge in [-0.3, -0.25) is 4.90 Å². The van der Waals surface area contributed by atoms with Crippen molar-refractivity contribution in [2.75, 3.05) is 52.9 Å². The lowest BCUT2D eigenvalue weighted by atomic mass is 9.84. The van der Waals surface area contributed by atoms with E-state index < -0.39 is 0 Å². The zero-order valence-corrected chi connectivity index (χ0v) is 15.1. The van der Waals surface area contributed by atoms with Gasteiger partial charge < -0.3 is 20.6 Å². The Labute approximate surface area is 146 Å². The van der Waals surface area contributed by atoms with Crippen molar-refractivity contribution in [1.29, 1.82) is 0 Å². The number of carbonyl (C=O) groups excluding carboxylic acids is 1. The molecule has 2 saturated heterocycles. The Bertz CT molecular complexity index is 425. The quantitative estimate of drug-likeness (QED) is 0.676. The van der Waals surface area contributed by atoms with E-state index in [2.05, 4.69) is 27.5 Å². The van der Waals surface area contributed by atoms with Crippen LogP contribution in [0.15, 0.2) is 0 Å². The molecule has 3 N–H and O–H groups in total. The third kappa shape index (κ3) is 4.21. The molecule has 2 aliphatic heterocycles. The topological polar surface area (TPSA) is 67.8 Å². The SMILES string of the molecule is CN1CCC(CNC(=O)NCC2(CO)CC2)(N2CCCCC2)CC1. The number of urea groups is 1. The van der Waals surface area contributed by atoms with Crippen LogP contribution in [0.5, 0.6) is 0 Å². The number of nitrogens with one attached hydrogen (secondary N) is 2. The fourth-order valence-corrected chi connectivity index (χ4v) is 4.15. The van der Waals surface area contributed by atoms with Crippen molar-refractivity contribution in [3.8, 4) is 0 Å². The van der Waals surface area contributed by atoms with Crippen LogP contribution in [-0.4, -0.2) is 79.4 Å². The second-order valence-corrected chi connectivity index (χ2v) is 8.27. The molecule has 0 aromatic heterocycles. The van der Waals surface area contributed by atoms with Gasteiger partial charge in [-0.1, -0.05) is 6.42 Å². The summed E-state index contributed by atoms with van der Waals surface area (Å²) < 4.78 is 0. The lowest BCUT2D eigenvalue weighted by Crippen LogP contribution is -2.62. The molecule has 24 heavy (non-hydrogen) atoms. The average molecular weight is 338 g/mol. The first-order valence-corrected chi connectivity index (χ1v) is 9.64. The smallest absolute Gasteiger partial charge is 0.314 e. The van der Waals surface area contributed by atoms with Gasteiger partial charge in [-0.25, -0.2) is 4.79 Å². The number of piperidine rings is 2. The summed E-state index contributed by atoms with van der Waals surface area (Å²) >= 11 is 0. The predicted molar refractivity (Wildman–Crippen MR) is 95.0 cm³/mol. The second kappa shape index (κ2) is 7.58. The Balaban J connectivity index is 1.52. The zero-order chi connectivity index (χ0) is 17.0. The third-order valence-electron chi connectivity index (χ3n) is 6.44. The normalized spacial score (nSPS) is 26.8. The van der Waals surface area contributed by atoms with Gasteiger partial charge in [-0.05, 0) is 71.8 Å². The molecule has 0 bridgehead atoms. The number of amides is 2. The number of rotatable bonds is 6. The highest BCUT2D eigenvalue weighted by atomic mass is 16.3. The van der Waals surface area contributed by atoms with Gasteiger partial charge in [0.1, 0.15) is 0 Å². The van der Waals surface area contributed by atoms with Gasteiger partial charge in [0.2, 0.25) is 0 Å². The second-order valence-electron chi connectivity index (χ2n) is 8.27. The first kappa shape index (κ1) is 18.0. The minimum absolute atomic E-state index is 0.0323. The van der Waals surface area contributed by atoms with Crippen molar-refractivity contribution in [3.63, 3.8) is 0 Å². The molecule has 3 fully saturated rings. The molecule has 6 heteroatoms. The average Bonchev–Trinajstić information content (AvgIpc) is 3.41. The van der Waals surface area contributed by atoms with Crippen molar-refractivity contribution in [2.45, 2.75) is 50.5 Å². The fraction of sp³-hybridized carbons (Fsp3) is 0.944. The number of nitrogens with zero attached hydrogens (tertiary/aromatic N) is 2. The predicted octanol–water partition coefficient (Wildman–Crippen LogP) is 1.01. The van der Waals surface area contributed by atoms with Gasteiger partial charge >= 0.3 is 6.03 Å². The molecule has 0 radical (unpaired) electrons. The molecule has 6 nitrogen and oxygen atoms in total. The van der Waals surface area contributed by atoms with Crippen molar-refractivity contribution >= 4 is 6.03 Å². The summed E-state index contributed by atoms with van der Waals surface area (Å²) in [6, 6.07) is -0.0787. The van der Waals surface area contributed by atoms with Crippen molar-refractivity contribution < 1.29 is 9.90 Å². The van der Waals surface area contributed by atoms with Crippen LogP contribution < -0.4 is 10.6 Å². The number of hydrogen-bond donors (Lipinski definition) is 3. The number of aliphatic hydroxyl groups is 1. The molecular formula is C18H34N4O2. The Kier molecular flexibility index (Phi) is 5.67. The number of carbonyl (C=O) groups is 1. The Morgan fingerprint density at radius 1 is 0.958 bits per heavy atom. The van der Waals surface area contributed by atoms with Crippen LogP contribution in [0.25, 0.3) is 0 Å². The van der Waals surface area contributed by atoms with Crippen molar-refractivity contribution in [2.24, 2.45) is 5.41 Å². The molecule has 3 aliphatic rings. The maximum Gasteiger partial charge on any atom is 0.314 e. The summed E-state index contributed by atoms with van der Waals surface area (Å²) in [5.74, 6) is 0. The Hall–Kier alpha value is -0.850. The third-order valence-corrected chi connectivity index (χ3v) is 6.44. The molecule has 0 atom stereocenters. The number of aliphatic hydroxyl groups excluding tert-OH is 1. The molecule has 1 aliphatic carbocycles. The zero-order valence-electron chi connectivity index (χ0n) is 15.1. The van der Waals surface area contributed by atoms with Gasteiger partial charge in [-0.15, -0.1) is 0 Å². The highest BCUT2D eigenvalue weighted by molar-refractivity contribution is 5.74. The summed E-state index contributed by atoms with van der Waals surface area (Å²) in [5.41, 5.74) is 0.0912. The highest BCUT2D eigenvalue weighted by Crippen LogP contribution is 2.44. The van der Waals surface area contributed by atoms with Crippen LogP contribution >= 0.6 is 0 Å². The molecule has 2 heterocycles. The van der Waals surface area contributed by atoms with E-state index in [1.165, 1.54) is 32.4 Å². The van der Waals surface area contributed by atoms with E-state index in [1.54, 1.807) is 0 Å². The lowest BCUT2D eigenvalue weighted by molar-refractivity contribution is 0.0162. The number of likely N-dealkylation sites (tertiary alicyclic amines) is 2. The molecule has 0 aromatic carbocycles. The van der Waals surface area contributed by atoms with Gasteiger partial charge in [0.05, 0.1) is 6.61 Å². The van der Waals surface area contributed by atoms with E-state index in [0.29, 0.717) is 6.54 Å². The summed E-state index contributed by atoms with van der Waals surface area (Å²) in [6.07, 6.45) is 8.20. The monoisotopic (exact) mass is 338 g/mol. The van der Waals surface area contributed by atoms with E-state index in [9.17, 15) is 9.90 Å². The fourth-order valence-electron chi connectivity index (χ4n) is 4.15. The summed E-state index contributed by atoms with van der Waals surface area (Å²) in [6.45, 7) is 6.05. The molecular weight excluding hydrogens is 304 g/mol. The van der Waals surface area contributed by atoms with Crippen molar-refractivity contribution in [1.82, 2.24) is 20.4 Å². The summed E-state index contributed by atoms with van der Waals surface area (Å²) in [7, 11) is 2.18. The molecule has 1 saturated carbocycles. The maximum absolute atomic E-state index is 12.2. The van der Waals surface area contributed by atoms with Crippen LogP contribution in [0.1, 0.15) is 44.9 Å². The molecule has 0 spiro atoms. The van der Waals surface area contributed by atoms with Gasteiger partial charge in [0, 0.05) is 24.0 Å². The van der Waals surface area contributed by atoms with E-state index in [4.69, 9.17) is 0 Å². The summed E-state index contributed by atoms with van der Waals surface area (Å²) in [4.78, 5) is 17.3. The molecule has 2 amide bonds. The highest BCUT2D eigenvalue weighted by Gasteiger charge is 2.43. The van der Waals surface area contributed by atoms with Crippen LogP contribution in [0, 0.1) is 5.41 Å². The maximum atomic E-state index is 12.2. The van der Waals surface area contributed by atoms with E-state index in [-0.39, 0.29) is 23.6 Å². The minimum Gasteiger partial charge on any atom is -0.396 e. The van der Waals surface area contributed by atoms with Crippen molar-refractivity contribution in [3.05, 3.63) is 0 Å². The lowest BCUT2D eigenvalue weighted by Gasteiger charge is -2.50. The minimum atomic E-state index is -0.0787. The molecule has 138 valence electrons. The first-order chi connectivity index (χ1) is 11.6. The van der Waals surface area contributed by atoms with E-state index in [1.807, 2.05) is 0 Å². The standard InChI is InChI=1S/C18H34N4O2/c1-21-11-7-18(8-12-21,22-9-3-2-4-10-22)14-20-16(24)19-13-17(15-23)5-6-17/h23H,2-15H2,1H3,(H2,19,20,24). The number of hydrogen-bond acceptors (Lipinski definition) is 4. The first-order valence-electron chi connectivity index (χ1n) is 9.64. The largest absolute Gasteiger partial charge is 0.396 e. The van der Waals surface area contributed by atoms with Gasteiger partial charge in [0.25, 0.3) is 0 Å². The summed E-state index contributed by atoms with van der Waals surface area (Å²) in [5, 5.41) is 15.5. The van der Waals surface area contributed by atoms with Crippen LogP contribution in [0.4, 0.5) is 4.79 Å². The van der Waals surface area contributed by atoms with Crippen LogP contribution in [0.2, 0.25) is 0 Å². The van der Waals surface area contributed by atoms with E-state index in [0.717, 1.165) is 45.3 Å². The molecule has 0 unspecified atom stereocenters.